The third-order valence-electron chi connectivity index (χ3n) is 5.08. The highest BCUT2D eigenvalue weighted by Gasteiger charge is 2.69. The number of carbonyl (C=O) groups excluding carboxylic acids is 2. The van der Waals surface area contributed by atoms with E-state index < -0.39 is 38.3 Å². The van der Waals surface area contributed by atoms with Gasteiger partial charge in [0, 0.05) is 37.6 Å². The van der Waals surface area contributed by atoms with E-state index in [0.717, 1.165) is 0 Å². The number of esters is 1. The Bertz CT molecular complexity index is 883. The number of alkyl halides is 2. The van der Waals surface area contributed by atoms with E-state index >= 15 is 0 Å². The number of hydrogen-bond donors (Lipinski definition) is 0. The topological polar surface area (TPSA) is 84.0 Å². The molecule has 1 amide bonds. The molecule has 1 saturated heterocycles. The molecule has 1 aromatic carbocycles. The van der Waals surface area contributed by atoms with Crippen molar-refractivity contribution in [3.8, 4) is 0 Å². The summed E-state index contributed by atoms with van der Waals surface area (Å²) in [6.07, 6.45) is 0.275. The number of halogens is 3. The predicted molar refractivity (Wildman–Crippen MR) is 105 cm³/mol. The highest BCUT2D eigenvalue weighted by molar-refractivity contribution is 7.89. The Morgan fingerprint density at radius 2 is 1.64 bits per heavy atom. The summed E-state index contributed by atoms with van der Waals surface area (Å²) < 4.78 is 30.5. The molecule has 0 bridgehead atoms. The lowest BCUT2D eigenvalue weighted by molar-refractivity contribution is -0.156. The fraction of sp³-hybridized carbons (Fsp3) is 0.529. The first-order valence-electron chi connectivity index (χ1n) is 8.56. The first-order chi connectivity index (χ1) is 13.0. The van der Waals surface area contributed by atoms with Gasteiger partial charge in [-0.15, -0.1) is 23.2 Å². The summed E-state index contributed by atoms with van der Waals surface area (Å²) in [5, 5.41) is 0.449. The molecule has 0 N–H and O–H groups in total. The van der Waals surface area contributed by atoms with Crippen molar-refractivity contribution in [2.45, 2.75) is 22.6 Å². The van der Waals surface area contributed by atoms with Crippen LogP contribution in [0.4, 0.5) is 0 Å². The van der Waals surface area contributed by atoms with Crippen LogP contribution < -0.4 is 0 Å². The predicted octanol–water partition coefficient (Wildman–Crippen LogP) is 2.30. The van der Waals surface area contributed by atoms with Gasteiger partial charge in [0.25, 0.3) is 5.91 Å². The first kappa shape index (κ1) is 21.6. The molecule has 2 fully saturated rings. The molecule has 3 rings (SSSR count). The minimum atomic E-state index is -3.66. The summed E-state index contributed by atoms with van der Waals surface area (Å²) in [6, 6.07) is 5.92. The van der Waals surface area contributed by atoms with Crippen molar-refractivity contribution in [1.29, 1.82) is 0 Å². The van der Waals surface area contributed by atoms with Gasteiger partial charge in [0.05, 0.1) is 4.90 Å². The second-order valence-electron chi connectivity index (χ2n) is 7.03. The van der Waals surface area contributed by atoms with E-state index in [4.69, 9.17) is 39.5 Å². The Morgan fingerprint density at radius 3 is 2.14 bits per heavy atom. The van der Waals surface area contributed by atoms with Crippen LogP contribution in [-0.4, -0.2) is 66.6 Å². The van der Waals surface area contributed by atoms with Crippen molar-refractivity contribution >= 4 is 56.7 Å². The van der Waals surface area contributed by atoms with Crippen LogP contribution in [0.1, 0.15) is 13.3 Å². The molecule has 1 aliphatic carbocycles. The Kier molecular flexibility index (Phi) is 5.91. The van der Waals surface area contributed by atoms with Gasteiger partial charge in [-0.05, 0) is 31.2 Å². The number of amides is 1. The van der Waals surface area contributed by atoms with Crippen LogP contribution in [0.3, 0.4) is 0 Å². The molecule has 1 saturated carbocycles. The van der Waals surface area contributed by atoms with Crippen molar-refractivity contribution in [2.75, 3.05) is 32.8 Å². The number of rotatable bonds is 5. The van der Waals surface area contributed by atoms with Gasteiger partial charge in [0.15, 0.2) is 6.61 Å². The fourth-order valence-corrected chi connectivity index (χ4v) is 5.17. The lowest BCUT2D eigenvalue weighted by atomic mass is 10.1. The molecule has 7 nitrogen and oxygen atoms in total. The molecule has 1 atom stereocenters. The van der Waals surface area contributed by atoms with Crippen LogP contribution in [0.15, 0.2) is 29.2 Å². The van der Waals surface area contributed by atoms with E-state index in [1.807, 2.05) is 0 Å². The molecule has 154 valence electrons. The molecule has 1 heterocycles. The molecular formula is C17H19Cl3N2O5S. The van der Waals surface area contributed by atoms with Crippen LogP contribution in [-0.2, 0) is 24.3 Å². The van der Waals surface area contributed by atoms with Crippen molar-refractivity contribution in [2.24, 2.45) is 5.41 Å². The molecule has 28 heavy (non-hydrogen) atoms. The molecule has 11 heteroatoms. The average Bonchev–Trinajstić information content (AvgIpc) is 3.19. The van der Waals surface area contributed by atoms with Gasteiger partial charge in [0.1, 0.15) is 9.75 Å². The molecule has 0 aromatic heterocycles. The van der Waals surface area contributed by atoms with Gasteiger partial charge in [-0.3, -0.25) is 9.59 Å². The van der Waals surface area contributed by atoms with Gasteiger partial charge in [-0.25, -0.2) is 8.42 Å². The summed E-state index contributed by atoms with van der Waals surface area (Å²) >= 11 is 17.6. The van der Waals surface area contributed by atoms with E-state index in [2.05, 4.69) is 0 Å². The van der Waals surface area contributed by atoms with E-state index in [9.17, 15) is 18.0 Å². The van der Waals surface area contributed by atoms with Gasteiger partial charge in [-0.1, -0.05) is 11.6 Å². The van der Waals surface area contributed by atoms with Gasteiger partial charge in [0.2, 0.25) is 10.0 Å². The van der Waals surface area contributed by atoms with Gasteiger partial charge < -0.3 is 9.64 Å². The monoisotopic (exact) mass is 468 g/mol. The number of carbonyl (C=O) groups is 2. The van der Waals surface area contributed by atoms with Crippen LogP contribution in [0.2, 0.25) is 5.02 Å². The zero-order valence-corrected chi connectivity index (χ0v) is 18.1. The molecule has 0 spiro atoms. The number of ether oxygens (including phenoxy) is 1. The minimum Gasteiger partial charge on any atom is -0.455 e. The number of benzene rings is 1. The van der Waals surface area contributed by atoms with E-state index in [1.54, 1.807) is 6.92 Å². The van der Waals surface area contributed by atoms with Crippen molar-refractivity contribution in [3.05, 3.63) is 29.3 Å². The maximum atomic E-state index is 12.7. The highest BCUT2D eigenvalue weighted by Crippen LogP contribution is 2.64. The first-order valence-corrected chi connectivity index (χ1v) is 11.1. The summed E-state index contributed by atoms with van der Waals surface area (Å²) in [4.78, 5) is 25.9. The van der Waals surface area contributed by atoms with E-state index in [1.165, 1.54) is 33.5 Å². The van der Waals surface area contributed by atoms with Crippen LogP contribution >= 0.6 is 34.8 Å². The smallest absolute Gasteiger partial charge is 0.315 e. The Labute approximate surface area is 178 Å². The van der Waals surface area contributed by atoms with Crippen molar-refractivity contribution < 1.29 is 22.7 Å². The molecule has 0 radical (unpaired) electrons. The fourth-order valence-electron chi connectivity index (χ4n) is 2.93. The Balaban J connectivity index is 1.51. The number of nitrogens with zero attached hydrogens (tertiary/aromatic N) is 2. The summed E-state index contributed by atoms with van der Waals surface area (Å²) in [5.41, 5.74) is -0.998. The molecular weight excluding hydrogens is 451 g/mol. The third kappa shape index (κ3) is 4.11. The van der Waals surface area contributed by atoms with Crippen LogP contribution in [0, 0.1) is 5.41 Å². The lowest BCUT2D eigenvalue weighted by Gasteiger charge is -2.34. The highest BCUT2D eigenvalue weighted by atomic mass is 35.5. The van der Waals surface area contributed by atoms with Gasteiger partial charge in [-0.2, -0.15) is 4.31 Å². The number of hydrogen-bond acceptors (Lipinski definition) is 5. The SMILES string of the molecule is C[C@]1(C(=O)OCC(=O)N2CCN(S(=O)(=O)c3ccc(Cl)cc3)CC2)CC1(Cl)Cl. The minimum absolute atomic E-state index is 0.147. The van der Waals surface area contributed by atoms with E-state index in [0.29, 0.717) is 5.02 Å². The van der Waals surface area contributed by atoms with Crippen LogP contribution in [0.5, 0.6) is 0 Å². The van der Waals surface area contributed by atoms with Crippen molar-refractivity contribution in [1.82, 2.24) is 9.21 Å². The summed E-state index contributed by atoms with van der Waals surface area (Å²) in [7, 11) is -3.66. The lowest BCUT2D eigenvalue weighted by Crippen LogP contribution is -2.51. The Morgan fingerprint density at radius 1 is 1.11 bits per heavy atom. The second-order valence-corrected chi connectivity index (χ2v) is 10.9. The standard InChI is InChI=1S/C17H19Cl3N2O5S/c1-16(11-17(16,19)20)15(24)27-10-14(23)21-6-8-22(9-7-21)28(25,26)13-4-2-12(18)3-5-13/h2-5H,6-11H2,1H3/t16-/m1/s1. The largest absolute Gasteiger partial charge is 0.455 e. The average molecular weight is 470 g/mol. The number of piperazine rings is 1. The third-order valence-corrected chi connectivity index (χ3v) is 8.34. The second kappa shape index (κ2) is 7.65. The van der Waals surface area contributed by atoms with E-state index in [-0.39, 0.29) is 37.5 Å². The molecule has 2 aliphatic rings. The summed E-state index contributed by atoms with van der Waals surface area (Å²) in [6.45, 7) is 1.86. The summed E-state index contributed by atoms with van der Waals surface area (Å²) in [5.74, 6) is -1.01. The zero-order valence-electron chi connectivity index (χ0n) is 15.0. The quantitative estimate of drug-likeness (QED) is 0.488. The maximum Gasteiger partial charge on any atom is 0.315 e. The molecule has 1 aliphatic heterocycles. The molecule has 1 aromatic rings. The number of sulfonamides is 1. The molecule has 0 unspecified atom stereocenters. The van der Waals surface area contributed by atoms with Crippen LogP contribution in [0.25, 0.3) is 0 Å². The maximum absolute atomic E-state index is 12.7. The zero-order chi connectivity index (χ0) is 20.7. The van der Waals surface area contributed by atoms with Crippen molar-refractivity contribution in [3.63, 3.8) is 0 Å². The normalized spacial score (nSPS) is 24.6. The van der Waals surface area contributed by atoms with Gasteiger partial charge >= 0.3 is 5.97 Å². The Hall–Kier alpha value is -1.06.